The summed E-state index contributed by atoms with van der Waals surface area (Å²) in [6, 6.07) is 1.82. The zero-order valence-corrected chi connectivity index (χ0v) is 21.3. The van der Waals surface area contributed by atoms with E-state index in [-0.39, 0.29) is 35.9 Å². The molecule has 0 unspecified atom stereocenters. The summed E-state index contributed by atoms with van der Waals surface area (Å²) in [5.41, 5.74) is -2.06. The largest absolute Gasteiger partial charge is 0.497 e. The Morgan fingerprint density at radius 1 is 1.09 bits per heavy atom. The molecule has 34 heavy (non-hydrogen) atoms. The van der Waals surface area contributed by atoms with E-state index in [0.29, 0.717) is 13.1 Å². The molecule has 0 aliphatic carbocycles. The Labute approximate surface area is 200 Å². The number of hydrogen-bond donors (Lipinski definition) is 0. The number of benzene rings is 1. The minimum atomic E-state index is -1.04. The Balaban J connectivity index is 1.66. The van der Waals surface area contributed by atoms with Crippen LogP contribution in [0.1, 0.15) is 61.0 Å². The molecule has 7 nitrogen and oxygen atoms in total. The molecular weight excluding hydrogens is 445 g/mol. The standard InChI is InChI=1S/C24H35BF2N2O5/c1-15-14-28(9-10-29(15)21(31)32-22(2,3)4)20(30)12-16-11-19(27)17(13-18(16)26)25-33-23(5,6)24(7,8)34-25/h11,13,15H,9-10,12,14H2,1-8H3/t15-/m1/s1. The molecule has 0 spiro atoms. The number of carbonyl (C=O) groups is 2. The molecule has 10 heteroatoms. The van der Waals surface area contributed by atoms with E-state index in [1.807, 2.05) is 34.6 Å². The van der Waals surface area contributed by atoms with Crippen molar-refractivity contribution < 1.29 is 32.4 Å². The summed E-state index contributed by atoms with van der Waals surface area (Å²) in [7, 11) is -1.04. The quantitative estimate of drug-likeness (QED) is 0.622. The third kappa shape index (κ3) is 5.54. The Bertz CT molecular complexity index is 947. The van der Waals surface area contributed by atoms with Crippen LogP contribution in [0.2, 0.25) is 0 Å². The molecule has 2 saturated heterocycles. The van der Waals surface area contributed by atoms with Crippen LogP contribution >= 0.6 is 0 Å². The normalized spacial score (nSPS) is 22.2. The van der Waals surface area contributed by atoms with Gasteiger partial charge >= 0.3 is 13.2 Å². The Morgan fingerprint density at radius 2 is 1.68 bits per heavy atom. The number of piperazine rings is 1. The summed E-state index contributed by atoms with van der Waals surface area (Å²) < 4.78 is 46.9. The van der Waals surface area contributed by atoms with Crippen LogP contribution in [-0.2, 0) is 25.3 Å². The van der Waals surface area contributed by atoms with Crippen molar-refractivity contribution in [3.8, 4) is 0 Å². The van der Waals surface area contributed by atoms with Crippen LogP contribution in [0, 0.1) is 11.6 Å². The van der Waals surface area contributed by atoms with Gasteiger partial charge in [0.05, 0.1) is 17.6 Å². The molecule has 1 atom stereocenters. The molecule has 3 rings (SSSR count). The second kappa shape index (κ2) is 9.11. The zero-order chi connectivity index (χ0) is 25.6. The first-order valence-electron chi connectivity index (χ1n) is 11.6. The maximum Gasteiger partial charge on any atom is 0.497 e. The fraction of sp³-hybridized carbons (Fsp3) is 0.667. The molecule has 0 bridgehead atoms. The van der Waals surface area contributed by atoms with Crippen molar-refractivity contribution >= 4 is 24.6 Å². The Kier molecular flexibility index (Phi) is 7.08. The van der Waals surface area contributed by atoms with Gasteiger partial charge in [-0.05, 0) is 73.1 Å². The van der Waals surface area contributed by atoms with Crippen LogP contribution in [0.3, 0.4) is 0 Å². The molecule has 2 aliphatic heterocycles. The van der Waals surface area contributed by atoms with Crippen LogP contribution in [0.25, 0.3) is 0 Å². The first-order valence-corrected chi connectivity index (χ1v) is 11.6. The van der Waals surface area contributed by atoms with Gasteiger partial charge in [0, 0.05) is 31.1 Å². The van der Waals surface area contributed by atoms with E-state index in [4.69, 9.17) is 14.0 Å². The number of ether oxygens (including phenoxy) is 1. The number of nitrogens with zero attached hydrogens (tertiary/aromatic N) is 2. The molecule has 2 fully saturated rings. The van der Waals surface area contributed by atoms with Crippen LogP contribution in [0.5, 0.6) is 0 Å². The van der Waals surface area contributed by atoms with E-state index in [2.05, 4.69) is 0 Å². The molecule has 0 N–H and O–H groups in total. The average Bonchev–Trinajstić information content (AvgIpc) is 2.89. The predicted molar refractivity (Wildman–Crippen MR) is 125 cm³/mol. The number of carbonyl (C=O) groups excluding carboxylic acids is 2. The summed E-state index contributed by atoms with van der Waals surface area (Å²) >= 11 is 0. The SMILES string of the molecule is C[C@@H]1CN(C(=O)Cc2cc(F)c(B3OC(C)(C)C(C)(C)O3)cc2F)CCN1C(=O)OC(C)(C)C. The average molecular weight is 480 g/mol. The second-order valence-electron chi connectivity index (χ2n) is 11.1. The lowest BCUT2D eigenvalue weighted by Gasteiger charge is -2.40. The van der Waals surface area contributed by atoms with Crippen molar-refractivity contribution in [2.24, 2.45) is 0 Å². The Hall–Kier alpha value is -2.20. The number of rotatable bonds is 3. The van der Waals surface area contributed by atoms with E-state index in [1.165, 1.54) is 0 Å². The first-order chi connectivity index (χ1) is 15.5. The second-order valence-corrected chi connectivity index (χ2v) is 11.1. The van der Waals surface area contributed by atoms with Gasteiger partial charge < -0.3 is 23.8 Å². The lowest BCUT2D eigenvalue weighted by molar-refractivity contribution is -0.133. The third-order valence-corrected chi connectivity index (χ3v) is 6.62. The van der Waals surface area contributed by atoms with Crippen molar-refractivity contribution in [3.63, 3.8) is 0 Å². The van der Waals surface area contributed by atoms with Crippen molar-refractivity contribution in [2.45, 2.75) is 84.7 Å². The summed E-state index contributed by atoms with van der Waals surface area (Å²) in [5, 5.41) is 0. The molecule has 2 amide bonds. The van der Waals surface area contributed by atoms with Gasteiger partial charge in [-0.1, -0.05) is 0 Å². The van der Waals surface area contributed by atoms with Gasteiger partial charge in [-0.15, -0.1) is 0 Å². The van der Waals surface area contributed by atoms with Crippen LogP contribution in [0.4, 0.5) is 13.6 Å². The highest BCUT2D eigenvalue weighted by Gasteiger charge is 2.52. The summed E-state index contributed by atoms with van der Waals surface area (Å²) in [6.07, 6.45) is -0.718. The molecule has 188 valence electrons. The lowest BCUT2D eigenvalue weighted by atomic mass is 9.78. The van der Waals surface area contributed by atoms with E-state index in [9.17, 15) is 18.4 Å². The number of halogens is 2. The monoisotopic (exact) mass is 480 g/mol. The Morgan fingerprint density at radius 3 is 2.21 bits per heavy atom. The van der Waals surface area contributed by atoms with E-state index in [0.717, 1.165) is 12.1 Å². The zero-order valence-electron chi connectivity index (χ0n) is 21.3. The van der Waals surface area contributed by atoms with E-state index in [1.54, 1.807) is 30.6 Å². The molecule has 0 radical (unpaired) electrons. The molecule has 1 aromatic carbocycles. The third-order valence-electron chi connectivity index (χ3n) is 6.62. The topological polar surface area (TPSA) is 68.3 Å². The molecule has 0 saturated carbocycles. The van der Waals surface area contributed by atoms with Gasteiger partial charge in [-0.2, -0.15) is 0 Å². The predicted octanol–water partition coefficient (Wildman–Crippen LogP) is 3.27. The maximum atomic E-state index is 14.9. The van der Waals surface area contributed by atoms with Gasteiger partial charge in [0.25, 0.3) is 0 Å². The van der Waals surface area contributed by atoms with Gasteiger partial charge in [0.15, 0.2) is 0 Å². The smallest absolute Gasteiger partial charge is 0.444 e. The summed E-state index contributed by atoms with van der Waals surface area (Å²) in [4.78, 5) is 28.4. The highest BCUT2D eigenvalue weighted by Crippen LogP contribution is 2.36. The molecule has 0 aromatic heterocycles. The molecular formula is C24H35BF2N2O5. The van der Waals surface area contributed by atoms with Crippen LogP contribution in [-0.4, -0.2) is 71.4 Å². The van der Waals surface area contributed by atoms with Crippen LogP contribution < -0.4 is 5.46 Å². The van der Waals surface area contributed by atoms with Crippen molar-refractivity contribution in [1.29, 1.82) is 0 Å². The molecule has 2 aliphatic rings. The molecule has 2 heterocycles. The minimum Gasteiger partial charge on any atom is -0.444 e. The first kappa shape index (κ1) is 26.4. The number of hydrogen-bond acceptors (Lipinski definition) is 5. The van der Waals surface area contributed by atoms with Gasteiger partial charge in [-0.25, -0.2) is 13.6 Å². The van der Waals surface area contributed by atoms with E-state index >= 15 is 0 Å². The molecule has 1 aromatic rings. The van der Waals surface area contributed by atoms with Gasteiger partial charge in [0.1, 0.15) is 17.2 Å². The lowest BCUT2D eigenvalue weighted by Crippen LogP contribution is -2.56. The van der Waals surface area contributed by atoms with E-state index < -0.39 is 41.6 Å². The van der Waals surface area contributed by atoms with Gasteiger partial charge in [-0.3, -0.25) is 4.79 Å². The van der Waals surface area contributed by atoms with Crippen molar-refractivity contribution in [2.75, 3.05) is 19.6 Å². The number of amides is 2. The fourth-order valence-corrected chi connectivity index (χ4v) is 3.94. The fourth-order valence-electron chi connectivity index (χ4n) is 3.94. The van der Waals surface area contributed by atoms with Gasteiger partial charge in [0.2, 0.25) is 5.91 Å². The summed E-state index contributed by atoms with van der Waals surface area (Å²) in [5.74, 6) is -1.72. The van der Waals surface area contributed by atoms with Crippen molar-refractivity contribution in [3.05, 3.63) is 29.3 Å². The van der Waals surface area contributed by atoms with Crippen molar-refractivity contribution in [1.82, 2.24) is 9.80 Å². The van der Waals surface area contributed by atoms with Crippen LogP contribution in [0.15, 0.2) is 12.1 Å². The minimum absolute atomic E-state index is 0.0352. The maximum absolute atomic E-state index is 14.9. The highest BCUT2D eigenvalue weighted by atomic mass is 19.1. The highest BCUT2D eigenvalue weighted by molar-refractivity contribution is 6.62. The summed E-state index contributed by atoms with van der Waals surface area (Å²) in [6.45, 7) is 15.4.